The number of carbonyl (C=O) groups excluding carboxylic acids is 3. The summed E-state index contributed by atoms with van der Waals surface area (Å²) in [5, 5.41) is 0. The average molecular weight is 924 g/mol. The molecule has 0 rings (SSSR count). The summed E-state index contributed by atoms with van der Waals surface area (Å²) < 4.78 is 16.8. The number of hydrogen-bond acceptors (Lipinski definition) is 6. The topological polar surface area (TPSA) is 78.9 Å². The molecule has 0 aromatic rings. The molecule has 1 atom stereocenters. The van der Waals surface area contributed by atoms with Crippen molar-refractivity contribution < 1.29 is 28.6 Å². The Labute approximate surface area is 409 Å². The zero-order valence-electron chi connectivity index (χ0n) is 43.7. The lowest BCUT2D eigenvalue weighted by Crippen LogP contribution is -2.30. The Morgan fingerprint density at radius 2 is 0.545 bits per heavy atom. The number of allylic oxidation sites excluding steroid dienone is 10. The average Bonchev–Trinajstić information content (AvgIpc) is 3.31. The van der Waals surface area contributed by atoms with Gasteiger partial charge < -0.3 is 14.2 Å². The highest BCUT2D eigenvalue weighted by Crippen LogP contribution is 2.15. The van der Waals surface area contributed by atoms with Gasteiger partial charge in [0.25, 0.3) is 0 Å². The Morgan fingerprint density at radius 3 is 0.879 bits per heavy atom. The first-order chi connectivity index (χ1) is 32.5. The van der Waals surface area contributed by atoms with E-state index in [0.717, 1.165) is 89.9 Å². The van der Waals surface area contributed by atoms with Gasteiger partial charge in [-0.3, -0.25) is 14.4 Å². The fourth-order valence-electron chi connectivity index (χ4n) is 7.95. The third-order valence-corrected chi connectivity index (χ3v) is 12.2. The minimum atomic E-state index is -0.783. The molecule has 0 spiro atoms. The van der Waals surface area contributed by atoms with Crippen molar-refractivity contribution in [2.75, 3.05) is 13.2 Å². The molecule has 0 saturated carbocycles. The van der Waals surface area contributed by atoms with Crippen LogP contribution >= 0.6 is 0 Å². The summed E-state index contributed by atoms with van der Waals surface area (Å²) in [6.07, 6.45) is 67.7. The van der Waals surface area contributed by atoms with Crippen molar-refractivity contribution in [3.8, 4) is 0 Å². The molecule has 0 bridgehead atoms. The van der Waals surface area contributed by atoms with Gasteiger partial charge in [0.15, 0.2) is 6.10 Å². The van der Waals surface area contributed by atoms with Crippen LogP contribution in [0.25, 0.3) is 0 Å². The molecule has 0 aliphatic rings. The molecule has 0 radical (unpaired) electrons. The van der Waals surface area contributed by atoms with Gasteiger partial charge in [-0.1, -0.05) is 236 Å². The van der Waals surface area contributed by atoms with E-state index in [1.165, 1.54) is 154 Å². The summed E-state index contributed by atoms with van der Waals surface area (Å²) in [6, 6.07) is 0. The van der Waals surface area contributed by atoms with Gasteiger partial charge in [-0.2, -0.15) is 0 Å². The molecule has 0 aromatic carbocycles. The van der Waals surface area contributed by atoms with Gasteiger partial charge in [0, 0.05) is 19.3 Å². The molecule has 0 aliphatic heterocycles. The van der Waals surface area contributed by atoms with Gasteiger partial charge in [0.05, 0.1) is 0 Å². The van der Waals surface area contributed by atoms with Crippen LogP contribution in [0, 0.1) is 0 Å². The normalized spacial score (nSPS) is 12.5. The number of rotatable bonds is 51. The summed E-state index contributed by atoms with van der Waals surface area (Å²) in [5.41, 5.74) is 0. The van der Waals surface area contributed by atoms with Crippen molar-refractivity contribution in [1.82, 2.24) is 0 Å². The molecule has 6 nitrogen and oxygen atoms in total. The molecule has 0 aliphatic carbocycles. The Bertz CT molecular complexity index is 1200. The summed E-state index contributed by atoms with van der Waals surface area (Å²) >= 11 is 0. The number of hydrogen-bond donors (Lipinski definition) is 0. The number of ether oxygens (including phenoxy) is 3. The highest BCUT2D eigenvalue weighted by molar-refractivity contribution is 5.71. The lowest BCUT2D eigenvalue weighted by molar-refractivity contribution is -0.167. The first-order valence-electron chi connectivity index (χ1n) is 28.3. The van der Waals surface area contributed by atoms with Crippen molar-refractivity contribution in [2.24, 2.45) is 0 Å². The standard InChI is InChI=1S/C60H106O6/c1-4-7-10-13-16-19-22-25-27-29-30-32-34-36-39-41-44-47-50-53-59(62)65-56-57(66-60(63)54-51-48-45-42-37-24-21-18-15-12-9-6-3)55-64-58(61)52-49-46-43-40-38-35-33-31-28-26-23-20-17-14-11-8-5-2/h16-17,19-20,25-28,33,35,57H,4-15,18,21-24,29-32,34,36-56H2,1-3H3/b19-16-,20-17-,27-25-,28-26-,35-33-/t57-/m0/s1. The molecular formula is C60H106O6. The maximum Gasteiger partial charge on any atom is 0.306 e. The Kier molecular flexibility index (Phi) is 52.3. The van der Waals surface area contributed by atoms with E-state index in [1.807, 2.05) is 0 Å². The van der Waals surface area contributed by atoms with Crippen molar-refractivity contribution in [3.05, 3.63) is 60.8 Å². The van der Waals surface area contributed by atoms with E-state index in [2.05, 4.69) is 81.5 Å². The summed E-state index contributed by atoms with van der Waals surface area (Å²) in [6.45, 7) is 6.58. The van der Waals surface area contributed by atoms with Crippen LogP contribution in [-0.2, 0) is 28.6 Å². The van der Waals surface area contributed by atoms with Crippen molar-refractivity contribution in [2.45, 2.75) is 290 Å². The van der Waals surface area contributed by atoms with Crippen LogP contribution in [0.2, 0.25) is 0 Å². The van der Waals surface area contributed by atoms with Gasteiger partial charge in [-0.25, -0.2) is 0 Å². The van der Waals surface area contributed by atoms with Crippen molar-refractivity contribution in [1.29, 1.82) is 0 Å². The fourth-order valence-corrected chi connectivity index (χ4v) is 7.95. The van der Waals surface area contributed by atoms with E-state index in [9.17, 15) is 14.4 Å². The lowest BCUT2D eigenvalue weighted by atomic mass is 10.0. The van der Waals surface area contributed by atoms with E-state index in [1.54, 1.807) is 0 Å². The predicted molar refractivity (Wildman–Crippen MR) is 284 cm³/mol. The fraction of sp³-hybridized carbons (Fsp3) is 0.783. The maximum atomic E-state index is 12.8. The first kappa shape index (κ1) is 63.1. The molecule has 0 amide bonds. The van der Waals surface area contributed by atoms with Crippen LogP contribution in [0.5, 0.6) is 0 Å². The molecule has 0 heterocycles. The van der Waals surface area contributed by atoms with Crippen LogP contribution in [0.3, 0.4) is 0 Å². The van der Waals surface area contributed by atoms with E-state index in [-0.39, 0.29) is 31.1 Å². The highest BCUT2D eigenvalue weighted by atomic mass is 16.6. The third kappa shape index (κ3) is 52.1. The number of carbonyl (C=O) groups is 3. The molecule has 66 heavy (non-hydrogen) atoms. The molecule has 382 valence electrons. The second-order valence-electron chi connectivity index (χ2n) is 18.8. The Morgan fingerprint density at radius 1 is 0.303 bits per heavy atom. The van der Waals surface area contributed by atoms with E-state index >= 15 is 0 Å². The van der Waals surface area contributed by atoms with Crippen LogP contribution < -0.4 is 0 Å². The minimum Gasteiger partial charge on any atom is -0.462 e. The molecule has 6 heteroatoms. The van der Waals surface area contributed by atoms with Crippen molar-refractivity contribution >= 4 is 17.9 Å². The molecule has 0 N–H and O–H groups in total. The van der Waals surface area contributed by atoms with Crippen LogP contribution in [-0.4, -0.2) is 37.2 Å². The monoisotopic (exact) mass is 923 g/mol. The molecule has 0 unspecified atom stereocenters. The SMILES string of the molecule is CCCCC/C=C\C/C=C\C/C=C\CCCCCCC(=O)OC[C@@H](COC(=O)CCCCCCCCCCC/C=C\C/C=C\CCCCC)OC(=O)CCCCCCCCCCCCCC. The Hall–Kier alpha value is -2.89. The van der Waals surface area contributed by atoms with Gasteiger partial charge in [-0.15, -0.1) is 0 Å². The minimum absolute atomic E-state index is 0.0816. The second-order valence-corrected chi connectivity index (χ2v) is 18.8. The van der Waals surface area contributed by atoms with Crippen LogP contribution in [0.1, 0.15) is 284 Å². The van der Waals surface area contributed by atoms with Crippen molar-refractivity contribution in [3.63, 3.8) is 0 Å². The van der Waals surface area contributed by atoms with Gasteiger partial charge in [0.2, 0.25) is 0 Å². The largest absolute Gasteiger partial charge is 0.462 e. The summed E-state index contributed by atoms with van der Waals surface area (Å²) in [5.74, 6) is -0.898. The third-order valence-electron chi connectivity index (χ3n) is 12.2. The first-order valence-corrected chi connectivity index (χ1v) is 28.3. The predicted octanol–water partition coefficient (Wildman–Crippen LogP) is 18.8. The molecule has 0 saturated heterocycles. The lowest BCUT2D eigenvalue weighted by Gasteiger charge is -2.18. The summed E-state index contributed by atoms with van der Waals surface area (Å²) in [7, 11) is 0. The van der Waals surface area contributed by atoms with Gasteiger partial charge in [-0.05, 0) is 89.9 Å². The quantitative estimate of drug-likeness (QED) is 0.0262. The number of unbranched alkanes of at least 4 members (excludes halogenated alkanes) is 30. The molecule has 0 aromatic heterocycles. The zero-order chi connectivity index (χ0) is 47.9. The van der Waals surface area contributed by atoms with Gasteiger partial charge >= 0.3 is 17.9 Å². The highest BCUT2D eigenvalue weighted by Gasteiger charge is 2.19. The van der Waals surface area contributed by atoms with Crippen LogP contribution in [0.15, 0.2) is 60.8 Å². The molecule has 0 fully saturated rings. The van der Waals surface area contributed by atoms with E-state index in [0.29, 0.717) is 19.3 Å². The van der Waals surface area contributed by atoms with E-state index < -0.39 is 6.10 Å². The molecular weight excluding hydrogens is 817 g/mol. The van der Waals surface area contributed by atoms with Gasteiger partial charge in [0.1, 0.15) is 13.2 Å². The van der Waals surface area contributed by atoms with E-state index in [4.69, 9.17) is 14.2 Å². The Balaban J connectivity index is 4.36. The smallest absolute Gasteiger partial charge is 0.306 e. The zero-order valence-corrected chi connectivity index (χ0v) is 43.7. The maximum absolute atomic E-state index is 12.8. The summed E-state index contributed by atoms with van der Waals surface area (Å²) in [4.78, 5) is 38.1. The second kappa shape index (κ2) is 54.7. The number of esters is 3. The van der Waals surface area contributed by atoms with Crippen LogP contribution in [0.4, 0.5) is 0 Å².